The van der Waals surface area contributed by atoms with Crippen molar-refractivity contribution in [2.75, 3.05) is 0 Å². The van der Waals surface area contributed by atoms with Crippen LogP contribution in [0.15, 0.2) is 70.4 Å². The second kappa shape index (κ2) is 7.96. The van der Waals surface area contributed by atoms with Crippen LogP contribution in [0.2, 0.25) is 15.1 Å². The number of fused-ring (bicyclic) bond motifs is 1. The highest BCUT2D eigenvalue weighted by Gasteiger charge is 2.22. The zero-order valence-corrected chi connectivity index (χ0v) is 18.9. The van der Waals surface area contributed by atoms with Crippen molar-refractivity contribution in [1.29, 1.82) is 0 Å². The van der Waals surface area contributed by atoms with Gasteiger partial charge in [-0.15, -0.1) is 11.3 Å². The highest BCUT2D eigenvalue weighted by Crippen LogP contribution is 2.44. The zero-order chi connectivity index (χ0) is 21.6. The SMILES string of the molecule is NS(=O)(=O)c1ccc(-c2sc3ccccc3c(=O)c2-c2c(Cl)ccc(Cl)c2Cl)cc1. The average Bonchev–Trinajstić information content (AvgIpc) is 2.72. The molecule has 0 radical (unpaired) electrons. The summed E-state index contributed by atoms with van der Waals surface area (Å²) in [5, 5.41) is 6.44. The number of hydrogen-bond acceptors (Lipinski definition) is 4. The number of primary sulfonamides is 1. The molecule has 0 aliphatic heterocycles. The van der Waals surface area contributed by atoms with Crippen molar-refractivity contribution in [2.45, 2.75) is 4.90 Å². The Hall–Kier alpha value is -1.93. The van der Waals surface area contributed by atoms with Crippen LogP contribution in [0.4, 0.5) is 0 Å². The van der Waals surface area contributed by atoms with Crippen LogP contribution in [0.25, 0.3) is 31.7 Å². The average molecular weight is 497 g/mol. The minimum Gasteiger partial charge on any atom is -0.288 e. The Morgan fingerprint density at radius 1 is 0.800 bits per heavy atom. The topological polar surface area (TPSA) is 77.2 Å². The van der Waals surface area contributed by atoms with Crippen molar-refractivity contribution in [3.8, 4) is 21.6 Å². The number of hydrogen-bond donors (Lipinski definition) is 1. The molecule has 4 aromatic rings. The molecule has 30 heavy (non-hydrogen) atoms. The van der Waals surface area contributed by atoms with Crippen molar-refractivity contribution in [3.05, 3.63) is 86.0 Å². The minimum atomic E-state index is -3.84. The molecule has 0 fully saturated rings. The maximum Gasteiger partial charge on any atom is 0.238 e. The second-order valence-electron chi connectivity index (χ2n) is 6.42. The molecule has 0 amide bonds. The molecule has 9 heteroatoms. The Morgan fingerprint density at radius 3 is 2.10 bits per heavy atom. The van der Waals surface area contributed by atoms with Crippen molar-refractivity contribution in [3.63, 3.8) is 0 Å². The first-order valence-corrected chi connectivity index (χ1v) is 12.0. The van der Waals surface area contributed by atoms with E-state index in [1.54, 1.807) is 36.4 Å². The zero-order valence-electron chi connectivity index (χ0n) is 15.0. The van der Waals surface area contributed by atoms with Gasteiger partial charge in [0.1, 0.15) is 0 Å². The summed E-state index contributed by atoms with van der Waals surface area (Å²) in [6, 6.07) is 16.3. The van der Waals surface area contributed by atoms with Crippen LogP contribution in [0.3, 0.4) is 0 Å². The molecule has 2 N–H and O–H groups in total. The van der Waals surface area contributed by atoms with Crippen LogP contribution in [0, 0.1) is 0 Å². The van der Waals surface area contributed by atoms with Gasteiger partial charge in [-0.05, 0) is 42.0 Å². The lowest BCUT2D eigenvalue weighted by atomic mass is 10.00. The maximum atomic E-state index is 13.5. The third kappa shape index (κ3) is 3.75. The number of rotatable bonds is 3. The molecule has 152 valence electrons. The summed E-state index contributed by atoms with van der Waals surface area (Å²) in [6.45, 7) is 0. The standard InChI is InChI=1S/C21H12Cl3NO3S2/c22-14-9-10-15(23)19(24)17(14)18-20(26)13-3-1-2-4-16(13)29-21(18)11-5-7-12(8-6-11)30(25,27)28/h1-10H,(H2,25,27,28). The maximum absolute atomic E-state index is 13.5. The molecular weight excluding hydrogens is 485 g/mol. The van der Waals surface area contributed by atoms with Gasteiger partial charge in [0.25, 0.3) is 0 Å². The fourth-order valence-corrected chi connectivity index (χ4v) is 5.55. The summed E-state index contributed by atoms with van der Waals surface area (Å²) in [4.78, 5) is 14.1. The normalized spacial score (nSPS) is 11.7. The molecule has 1 aromatic heterocycles. The van der Waals surface area contributed by atoms with E-state index in [0.717, 1.165) is 4.70 Å². The van der Waals surface area contributed by atoms with E-state index in [4.69, 9.17) is 39.9 Å². The van der Waals surface area contributed by atoms with Gasteiger partial charge in [0, 0.05) is 20.5 Å². The van der Waals surface area contributed by atoms with E-state index >= 15 is 0 Å². The van der Waals surface area contributed by atoms with Gasteiger partial charge in [0.15, 0.2) is 5.43 Å². The molecule has 3 aromatic carbocycles. The highest BCUT2D eigenvalue weighted by molar-refractivity contribution is 7.89. The van der Waals surface area contributed by atoms with Gasteiger partial charge in [-0.25, -0.2) is 13.6 Å². The van der Waals surface area contributed by atoms with Crippen molar-refractivity contribution >= 4 is 66.2 Å². The Balaban J connectivity index is 2.11. The lowest BCUT2D eigenvalue weighted by Crippen LogP contribution is -2.11. The van der Waals surface area contributed by atoms with Gasteiger partial charge < -0.3 is 0 Å². The number of benzene rings is 3. The summed E-state index contributed by atoms with van der Waals surface area (Å²) in [5.41, 5.74) is 1.02. The lowest BCUT2D eigenvalue weighted by Gasteiger charge is -2.14. The summed E-state index contributed by atoms with van der Waals surface area (Å²) in [5.74, 6) is 0. The molecule has 0 unspecified atom stereocenters. The summed E-state index contributed by atoms with van der Waals surface area (Å²) >= 11 is 20.5. The number of halogens is 3. The van der Waals surface area contributed by atoms with Crippen LogP contribution in [0.5, 0.6) is 0 Å². The number of nitrogens with two attached hydrogens (primary N) is 1. The Morgan fingerprint density at radius 2 is 1.43 bits per heavy atom. The molecule has 1 heterocycles. The first-order chi connectivity index (χ1) is 14.2. The monoisotopic (exact) mass is 495 g/mol. The summed E-state index contributed by atoms with van der Waals surface area (Å²) in [7, 11) is -3.84. The quantitative estimate of drug-likeness (QED) is 0.343. The fraction of sp³-hybridized carbons (Fsp3) is 0. The third-order valence-corrected chi connectivity index (χ3v) is 7.81. The molecule has 0 saturated carbocycles. The molecule has 0 saturated heterocycles. The Kier molecular flexibility index (Phi) is 5.66. The molecule has 0 spiro atoms. The molecule has 4 nitrogen and oxygen atoms in total. The van der Waals surface area contributed by atoms with Crippen LogP contribution in [-0.2, 0) is 10.0 Å². The summed E-state index contributed by atoms with van der Waals surface area (Å²) < 4.78 is 24.0. The van der Waals surface area contributed by atoms with E-state index in [1.807, 2.05) is 12.1 Å². The van der Waals surface area contributed by atoms with Crippen molar-refractivity contribution in [2.24, 2.45) is 5.14 Å². The van der Waals surface area contributed by atoms with Gasteiger partial charge in [0.2, 0.25) is 10.0 Å². The van der Waals surface area contributed by atoms with Gasteiger partial charge >= 0.3 is 0 Å². The first-order valence-electron chi connectivity index (χ1n) is 8.51. The molecule has 0 aliphatic carbocycles. The predicted octanol–water partition coefficient (Wildman–Crippen LogP) is 6.20. The van der Waals surface area contributed by atoms with E-state index in [1.165, 1.54) is 23.5 Å². The summed E-state index contributed by atoms with van der Waals surface area (Å²) in [6.07, 6.45) is 0. The molecule has 4 rings (SSSR count). The molecular formula is C21H12Cl3NO3S2. The number of sulfonamides is 1. The van der Waals surface area contributed by atoms with Crippen LogP contribution >= 0.6 is 46.1 Å². The van der Waals surface area contributed by atoms with E-state index < -0.39 is 10.0 Å². The van der Waals surface area contributed by atoms with Gasteiger partial charge in [-0.2, -0.15) is 0 Å². The Bertz CT molecular complexity index is 1460. The van der Waals surface area contributed by atoms with Crippen LogP contribution in [-0.4, -0.2) is 8.42 Å². The molecule has 0 atom stereocenters. The van der Waals surface area contributed by atoms with E-state index in [-0.39, 0.29) is 25.4 Å². The van der Waals surface area contributed by atoms with Gasteiger partial charge in [-0.3, -0.25) is 4.79 Å². The van der Waals surface area contributed by atoms with Gasteiger partial charge in [-0.1, -0.05) is 59.1 Å². The van der Waals surface area contributed by atoms with Crippen molar-refractivity contribution < 1.29 is 8.42 Å². The van der Waals surface area contributed by atoms with E-state index in [0.29, 0.717) is 27.0 Å². The molecule has 0 bridgehead atoms. The minimum absolute atomic E-state index is 0.0280. The Labute approximate surface area is 191 Å². The van der Waals surface area contributed by atoms with Gasteiger partial charge in [0.05, 0.1) is 25.5 Å². The van der Waals surface area contributed by atoms with Crippen molar-refractivity contribution in [1.82, 2.24) is 0 Å². The molecule has 0 aliphatic rings. The van der Waals surface area contributed by atoms with E-state index in [2.05, 4.69) is 0 Å². The largest absolute Gasteiger partial charge is 0.288 e. The first kappa shape index (κ1) is 21.3. The smallest absolute Gasteiger partial charge is 0.238 e. The third-order valence-electron chi connectivity index (χ3n) is 4.54. The predicted molar refractivity (Wildman–Crippen MR) is 125 cm³/mol. The van der Waals surface area contributed by atoms with E-state index in [9.17, 15) is 13.2 Å². The second-order valence-corrected chi connectivity index (χ2v) is 10.2. The van der Waals surface area contributed by atoms with Crippen LogP contribution < -0.4 is 10.6 Å². The highest BCUT2D eigenvalue weighted by atomic mass is 35.5. The fourth-order valence-electron chi connectivity index (χ4n) is 3.12. The lowest BCUT2D eigenvalue weighted by molar-refractivity contribution is 0.598. The van der Waals surface area contributed by atoms with Crippen LogP contribution in [0.1, 0.15) is 0 Å².